The number of aromatic nitrogens is 2. The van der Waals surface area contributed by atoms with E-state index in [0.29, 0.717) is 12.1 Å². The van der Waals surface area contributed by atoms with E-state index >= 15 is 0 Å². The fourth-order valence-electron chi connectivity index (χ4n) is 3.19. The molecule has 0 fully saturated rings. The van der Waals surface area contributed by atoms with Crippen LogP contribution in [0, 0.1) is 0 Å². The zero-order valence-electron chi connectivity index (χ0n) is 17.0. The van der Waals surface area contributed by atoms with Gasteiger partial charge in [-0.3, -0.25) is 4.98 Å². The SMILES string of the molecule is CCCc1ncc(-c2cccc(NCCCCCc3cc(C(F)(F)F)ccn3)c2)o1. The van der Waals surface area contributed by atoms with E-state index in [0.717, 1.165) is 73.7 Å². The first-order chi connectivity index (χ1) is 14.5. The van der Waals surface area contributed by atoms with Crippen molar-refractivity contribution in [1.29, 1.82) is 0 Å². The molecule has 0 aliphatic rings. The number of aryl methyl sites for hydroxylation is 2. The number of unbranched alkanes of at least 4 members (excludes halogenated alkanes) is 2. The lowest BCUT2D eigenvalue weighted by Gasteiger charge is -2.09. The highest BCUT2D eigenvalue weighted by molar-refractivity contribution is 5.63. The van der Waals surface area contributed by atoms with Crippen molar-refractivity contribution in [3.8, 4) is 11.3 Å². The Morgan fingerprint density at radius 3 is 2.67 bits per heavy atom. The van der Waals surface area contributed by atoms with Crippen LogP contribution in [0.1, 0.15) is 49.8 Å². The Hall–Kier alpha value is -2.83. The number of anilines is 1. The van der Waals surface area contributed by atoms with Crippen LogP contribution in [0.5, 0.6) is 0 Å². The third-order valence-electron chi connectivity index (χ3n) is 4.75. The lowest BCUT2D eigenvalue weighted by atomic mass is 10.1. The molecule has 0 atom stereocenters. The van der Waals surface area contributed by atoms with Crippen molar-refractivity contribution in [2.24, 2.45) is 0 Å². The second-order valence-corrected chi connectivity index (χ2v) is 7.22. The second kappa shape index (κ2) is 10.3. The Morgan fingerprint density at radius 2 is 1.87 bits per heavy atom. The van der Waals surface area contributed by atoms with Crippen LogP contribution in [0.25, 0.3) is 11.3 Å². The molecule has 30 heavy (non-hydrogen) atoms. The number of nitrogens with one attached hydrogen (secondary N) is 1. The van der Waals surface area contributed by atoms with Gasteiger partial charge in [-0.2, -0.15) is 13.2 Å². The van der Waals surface area contributed by atoms with Gasteiger partial charge in [0.15, 0.2) is 11.7 Å². The number of hydrogen-bond donors (Lipinski definition) is 1. The van der Waals surface area contributed by atoms with Gasteiger partial charge in [-0.15, -0.1) is 0 Å². The molecular weight excluding hydrogens is 391 g/mol. The number of benzene rings is 1. The summed E-state index contributed by atoms with van der Waals surface area (Å²) in [6.45, 7) is 2.88. The standard InChI is InChI=1S/C23H26F3N3O/c1-2-7-22-29-16-21(30-22)17-8-6-10-19(14-17)27-12-5-3-4-9-20-15-18(11-13-28-20)23(24,25)26/h6,8,10-11,13-16,27H,2-5,7,9,12H2,1H3. The molecule has 0 saturated carbocycles. The average molecular weight is 417 g/mol. The molecule has 0 saturated heterocycles. The van der Waals surface area contributed by atoms with Gasteiger partial charge in [0.25, 0.3) is 0 Å². The second-order valence-electron chi connectivity index (χ2n) is 7.22. The molecule has 1 N–H and O–H groups in total. The van der Waals surface area contributed by atoms with Gasteiger partial charge < -0.3 is 9.73 Å². The minimum Gasteiger partial charge on any atom is -0.441 e. The van der Waals surface area contributed by atoms with E-state index in [2.05, 4.69) is 22.2 Å². The van der Waals surface area contributed by atoms with Crippen molar-refractivity contribution in [3.05, 3.63) is 65.9 Å². The smallest absolute Gasteiger partial charge is 0.416 e. The van der Waals surface area contributed by atoms with Gasteiger partial charge in [-0.05, 0) is 49.9 Å². The van der Waals surface area contributed by atoms with E-state index < -0.39 is 11.7 Å². The normalized spacial score (nSPS) is 11.6. The van der Waals surface area contributed by atoms with E-state index in [1.54, 1.807) is 6.20 Å². The highest BCUT2D eigenvalue weighted by Gasteiger charge is 2.30. The lowest BCUT2D eigenvalue weighted by molar-refractivity contribution is -0.137. The number of nitrogens with zero attached hydrogens (tertiary/aromatic N) is 2. The van der Waals surface area contributed by atoms with Gasteiger partial charge >= 0.3 is 6.18 Å². The molecule has 2 heterocycles. The summed E-state index contributed by atoms with van der Waals surface area (Å²) in [5.41, 5.74) is 1.83. The van der Waals surface area contributed by atoms with Crippen LogP contribution >= 0.6 is 0 Å². The molecule has 0 radical (unpaired) electrons. The van der Waals surface area contributed by atoms with Crippen LogP contribution in [-0.2, 0) is 19.0 Å². The summed E-state index contributed by atoms with van der Waals surface area (Å²) in [5.74, 6) is 1.51. The van der Waals surface area contributed by atoms with Gasteiger partial charge in [0.1, 0.15) is 0 Å². The number of rotatable bonds is 10. The quantitative estimate of drug-likeness (QED) is 0.381. The molecule has 160 valence electrons. The molecule has 0 amide bonds. The first kappa shape index (κ1) is 21.9. The minimum atomic E-state index is -4.32. The monoisotopic (exact) mass is 417 g/mol. The van der Waals surface area contributed by atoms with Crippen molar-refractivity contribution < 1.29 is 17.6 Å². The van der Waals surface area contributed by atoms with Crippen molar-refractivity contribution in [2.75, 3.05) is 11.9 Å². The van der Waals surface area contributed by atoms with Gasteiger partial charge in [-0.1, -0.05) is 25.5 Å². The Labute approximate surface area is 174 Å². The number of pyridine rings is 1. The fourth-order valence-corrected chi connectivity index (χ4v) is 3.19. The maximum atomic E-state index is 12.7. The Balaban J connectivity index is 1.42. The summed E-state index contributed by atoms with van der Waals surface area (Å²) in [4.78, 5) is 8.34. The first-order valence-electron chi connectivity index (χ1n) is 10.3. The van der Waals surface area contributed by atoms with Crippen LogP contribution in [0.15, 0.2) is 53.2 Å². The molecule has 4 nitrogen and oxygen atoms in total. The molecule has 0 spiro atoms. The molecule has 1 aromatic carbocycles. The summed E-state index contributed by atoms with van der Waals surface area (Å²) in [6, 6.07) is 10.1. The number of alkyl halides is 3. The molecule has 0 unspecified atom stereocenters. The molecule has 0 bridgehead atoms. The van der Waals surface area contributed by atoms with Crippen molar-refractivity contribution in [2.45, 2.75) is 51.6 Å². The van der Waals surface area contributed by atoms with Crippen LogP contribution in [0.4, 0.5) is 18.9 Å². The molecule has 2 aromatic heterocycles. The van der Waals surface area contributed by atoms with Crippen molar-refractivity contribution in [1.82, 2.24) is 9.97 Å². The van der Waals surface area contributed by atoms with Gasteiger partial charge in [0.05, 0.1) is 11.8 Å². The zero-order valence-corrected chi connectivity index (χ0v) is 17.0. The van der Waals surface area contributed by atoms with Crippen molar-refractivity contribution >= 4 is 5.69 Å². The number of oxazole rings is 1. The predicted molar refractivity (Wildman–Crippen MR) is 111 cm³/mol. The van der Waals surface area contributed by atoms with Crippen LogP contribution in [0.3, 0.4) is 0 Å². The predicted octanol–water partition coefficient (Wildman–Crippen LogP) is 6.53. The Kier molecular flexibility index (Phi) is 7.49. The molecule has 3 aromatic rings. The molecule has 0 aliphatic carbocycles. The summed E-state index contributed by atoms with van der Waals surface area (Å²) < 4.78 is 44.0. The largest absolute Gasteiger partial charge is 0.441 e. The van der Waals surface area contributed by atoms with Crippen LogP contribution in [0.2, 0.25) is 0 Å². The van der Waals surface area contributed by atoms with Crippen molar-refractivity contribution in [3.63, 3.8) is 0 Å². The number of hydrogen-bond acceptors (Lipinski definition) is 4. The summed E-state index contributed by atoms with van der Waals surface area (Å²) >= 11 is 0. The third kappa shape index (κ3) is 6.34. The third-order valence-corrected chi connectivity index (χ3v) is 4.75. The summed E-state index contributed by atoms with van der Waals surface area (Å²) in [5, 5.41) is 3.39. The molecular formula is C23H26F3N3O. The maximum absolute atomic E-state index is 12.7. The molecule has 3 rings (SSSR count). The van der Waals surface area contributed by atoms with E-state index in [9.17, 15) is 13.2 Å². The van der Waals surface area contributed by atoms with Crippen LogP contribution in [-0.4, -0.2) is 16.5 Å². The fraction of sp³-hybridized carbons (Fsp3) is 0.391. The van der Waals surface area contributed by atoms with Gasteiger partial charge in [0, 0.05) is 36.1 Å². The average Bonchev–Trinajstić information content (AvgIpc) is 3.19. The van der Waals surface area contributed by atoms with Gasteiger partial charge in [0.2, 0.25) is 0 Å². The Morgan fingerprint density at radius 1 is 1.00 bits per heavy atom. The van der Waals surface area contributed by atoms with E-state index in [1.165, 1.54) is 6.20 Å². The van der Waals surface area contributed by atoms with E-state index in [-0.39, 0.29) is 0 Å². The number of halogens is 3. The maximum Gasteiger partial charge on any atom is 0.416 e. The summed E-state index contributed by atoms with van der Waals surface area (Å²) in [6.07, 6.45) is 3.66. The summed E-state index contributed by atoms with van der Waals surface area (Å²) in [7, 11) is 0. The van der Waals surface area contributed by atoms with E-state index in [4.69, 9.17) is 4.42 Å². The molecule has 0 aliphatic heterocycles. The van der Waals surface area contributed by atoms with Crippen LogP contribution < -0.4 is 5.32 Å². The Bertz CT molecular complexity index is 937. The highest BCUT2D eigenvalue weighted by atomic mass is 19.4. The lowest BCUT2D eigenvalue weighted by Crippen LogP contribution is -2.06. The highest BCUT2D eigenvalue weighted by Crippen LogP contribution is 2.29. The minimum absolute atomic E-state index is 0.486. The zero-order chi connectivity index (χ0) is 21.4. The molecule has 7 heteroatoms. The van der Waals surface area contributed by atoms with Gasteiger partial charge in [-0.25, -0.2) is 4.98 Å². The first-order valence-corrected chi connectivity index (χ1v) is 10.3. The topological polar surface area (TPSA) is 51.0 Å². The van der Waals surface area contributed by atoms with E-state index in [1.807, 2.05) is 24.3 Å².